The lowest BCUT2D eigenvalue weighted by atomic mass is 9.99. The van der Waals surface area contributed by atoms with E-state index in [1.165, 1.54) is 16.9 Å². The van der Waals surface area contributed by atoms with Crippen molar-refractivity contribution in [2.75, 3.05) is 0 Å². The topological polar surface area (TPSA) is 56.0 Å². The summed E-state index contributed by atoms with van der Waals surface area (Å²) < 4.78 is -0.978. The minimum absolute atomic E-state index is 0.424. The summed E-state index contributed by atoms with van der Waals surface area (Å²) in [6, 6.07) is 20.0. The Morgan fingerprint density at radius 2 is 1.62 bits per heavy atom. The van der Waals surface area contributed by atoms with Crippen LogP contribution in [0, 0.1) is 0 Å². The molecule has 2 aromatic carbocycles. The number of benzene rings is 2. The summed E-state index contributed by atoms with van der Waals surface area (Å²) in [5.74, 6) is -0.424. The highest BCUT2D eigenvalue weighted by molar-refractivity contribution is 9.10. The molecule has 0 spiro atoms. The van der Waals surface area contributed by atoms with E-state index in [1.54, 1.807) is 0 Å². The van der Waals surface area contributed by atoms with Gasteiger partial charge in [0.2, 0.25) is 5.91 Å². The van der Waals surface area contributed by atoms with Gasteiger partial charge in [-0.3, -0.25) is 4.79 Å². The summed E-state index contributed by atoms with van der Waals surface area (Å²) in [5.41, 5.74) is 7.95. The Morgan fingerprint density at radius 3 is 2.21 bits per heavy atom. The molecule has 0 aliphatic carbocycles. The smallest absolute Gasteiger partial charge is 0.241 e. The maximum atomic E-state index is 12.1. The van der Waals surface area contributed by atoms with E-state index >= 15 is 0 Å². The van der Waals surface area contributed by atoms with Crippen LogP contribution in [0.25, 0.3) is 0 Å². The molecule has 0 aliphatic rings. The van der Waals surface area contributed by atoms with Gasteiger partial charge in [-0.1, -0.05) is 76.6 Å². The van der Waals surface area contributed by atoms with Crippen molar-refractivity contribution >= 4 is 33.2 Å². The Balaban J connectivity index is 1.85. The van der Waals surface area contributed by atoms with E-state index in [9.17, 15) is 4.79 Å². The minimum atomic E-state index is -0.978. The first-order valence-corrected chi connectivity index (χ1v) is 9.21. The average Bonchev–Trinajstić information content (AvgIpc) is 3.05. The molecule has 0 radical (unpaired) electrons. The molecule has 3 nitrogen and oxygen atoms in total. The number of thiazole rings is 1. The Bertz CT molecular complexity index is 820. The molecule has 0 bridgehead atoms. The van der Waals surface area contributed by atoms with Crippen LogP contribution in [0.3, 0.4) is 0 Å². The molecule has 1 aromatic heterocycles. The van der Waals surface area contributed by atoms with Crippen molar-refractivity contribution in [1.29, 1.82) is 0 Å². The molecule has 1 atom stereocenters. The zero-order valence-corrected chi connectivity index (χ0v) is 15.4. The van der Waals surface area contributed by atoms with Crippen molar-refractivity contribution in [2.24, 2.45) is 5.73 Å². The molecule has 0 saturated carbocycles. The second kappa shape index (κ2) is 7.28. The van der Waals surface area contributed by atoms with E-state index in [2.05, 4.69) is 33.0 Å². The van der Waals surface area contributed by atoms with Crippen molar-refractivity contribution in [1.82, 2.24) is 4.98 Å². The molecule has 122 valence electrons. The average molecular weight is 401 g/mol. The van der Waals surface area contributed by atoms with Gasteiger partial charge in [-0.15, -0.1) is 11.3 Å². The quantitative estimate of drug-likeness (QED) is 0.634. The fourth-order valence-corrected chi connectivity index (χ4v) is 4.22. The molecule has 0 aliphatic heterocycles. The van der Waals surface area contributed by atoms with E-state index in [4.69, 9.17) is 5.73 Å². The van der Waals surface area contributed by atoms with E-state index in [-0.39, 0.29) is 0 Å². The Hall–Kier alpha value is -1.98. The van der Waals surface area contributed by atoms with Crippen LogP contribution in [-0.4, -0.2) is 10.9 Å². The lowest BCUT2D eigenvalue weighted by Crippen LogP contribution is -2.37. The SMILES string of the molecule is NC(=O)C(Br)(Cc1ccccc1)c1ncc(Cc2ccccc2)s1. The summed E-state index contributed by atoms with van der Waals surface area (Å²) >= 11 is 5.09. The number of alkyl halides is 1. The van der Waals surface area contributed by atoms with Crippen molar-refractivity contribution in [2.45, 2.75) is 17.2 Å². The fourth-order valence-electron chi connectivity index (χ4n) is 2.51. The van der Waals surface area contributed by atoms with E-state index in [0.29, 0.717) is 11.4 Å². The number of primary amides is 1. The number of rotatable bonds is 6. The van der Waals surface area contributed by atoms with E-state index in [1.807, 2.05) is 54.7 Å². The largest absolute Gasteiger partial charge is 0.368 e. The molecular formula is C19H17BrN2OS. The Labute approximate surface area is 153 Å². The van der Waals surface area contributed by atoms with Gasteiger partial charge in [-0.25, -0.2) is 4.98 Å². The van der Waals surface area contributed by atoms with E-state index < -0.39 is 10.2 Å². The van der Waals surface area contributed by atoms with Crippen molar-refractivity contribution in [3.05, 3.63) is 87.9 Å². The number of hydrogen-bond acceptors (Lipinski definition) is 3. The van der Waals surface area contributed by atoms with E-state index in [0.717, 1.165) is 16.9 Å². The first-order chi connectivity index (χ1) is 11.6. The standard InChI is InChI=1S/C19H17BrN2OS/c20-19(17(21)23,12-15-9-5-2-6-10-15)18-22-13-16(24-18)11-14-7-3-1-4-8-14/h1-10,13H,11-12H2,(H2,21,23). The third kappa shape index (κ3) is 3.74. The number of nitrogens with zero attached hydrogens (tertiary/aromatic N) is 1. The summed E-state index contributed by atoms with van der Waals surface area (Å²) in [6.07, 6.45) is 3.10. The molecule has 2 N–H and O–H groups in total. The van der Waals surface area contributed by atoms with Gasteiger partial charge in [-0.05, 0) is 11.1 Å². The zero-order valence-electron chi connectivity index (χ0n) is 13.0. The predicted molar refractivity (Wildman–Crippen MR) is 101 cm³/mol. The van der Waals surface area contributed by atoms with Gasteiger partial charge in [-0.2, -0.15) is 0 Å². The van der Waals surface area contributed by atoms with Gasteiger partial charge in [0, 0.05) is 23.9 Å². The highest BCUT2D eigenvalue weighted by Gasteiger charge is 2.39. The maximum Gasteiger partial charge on any atom is 0.241 e. The lowest BCUT2D eigenvalue weighted by molar-refractivity contribution is -0.120. The highest BCUT2D eigenvalue weighted by atomic mass is 79.9. The molecule has 1 unspecified atom stereocenters. The number of aromatic nitrogens is 1. The maximum absolute atomic E-state index is 12.1. The molecule has 5 heteroatoms. The Kier molecular flexibility index (Phi) is 5.11. The molecule has 24 heavy (non-hydrogen) atoms. The second-order valence-corrected chi connectivity index (χ2v) is 8.09. The molecule has 1 amide bonds. The molecular weight excluding hydrogens is 384 g/mol. The third-order valence-electron chi connectivity index (χ3n) is 3.79. The number of carbonyl (C=O) groups excluding carboxylic acids is 1. The second-order valence-electron chi connectivity index (χ2n) is 5.62. The van der Waals surface area contributed by atoms with Crippen LogP contribution in [0.4, 0.5) is 0 Å². The number of halogens is 1. The Morgan fingerprint density at radius 1 is 1.04 bits per heavy atom. The van der Waals surface area contributed by atoms with Crippen molar-refractivity contribution in [3.63, 3.8) is 0 Å². The predicted octanol–water partition coefficient (Wildman–Crippen LogP) is 4.05. The van der Waals surface area contributed by atoms with Crippen LogP contribution in [0.5, 0.6) is 0 Å². The van der Waals surface area contributed by atoms with Crippen LogP contribution in [0.1, 0.15) is 21.0 Å². The number of nitrogens with two attached hydrogens (primary N) is 1. The van der Waals surface area contributed by atoms with Crippen LogP contribution in [-0.2, 0) is 22.0 Å². The van der Waals surface area contributed by atoms with Gasteiger partial charge in [0.1, 0.15) is 5.01 Å². The summed E-state index contributed by atoms with van der Waals surface area (Å²) in [6.45, 7) is 0. The number of hydrogen-bond donors (Lipinski definition) is 1. The van der Waals surface area contributed by atoms with Gasteiger partial charge in [0.05, 0.1) is 0 Å². The third-order valence-corrected chi connectivity index (χ3v) is 6.26. The van der Waals surface area contributed by atoms with Crippen LogP contribution in [0.15, 0.2) is 66.9 Å². The normalized spacial score (nSPS) is 13.4. The fraction of sp³-hybridized carbons (Fsp3) is 0.158. The van der Waals surface area contributed by atoms with Crippen molar-refractivity contribution in [3.8, 4) is 0 Å². The molecule has 1 heterocycles. The van der Waals surface area contributed by atoms with Gasteiger partial charge < -0.3 is 5.73 Å². The van der Waals surface area contributed by atoms with Crippen LogP contribution < -0.4 is 5.73 Å². The van der Waals surface area contributed by atoms with Crippen molar-refractivity contribution < 1.29 is 4.79 Å². The lowest BCUT2D eigenvalue weighted by Gasteiger charge is -2.21. The zero-order chi connectivity index (χ0) is 17.0. The monoisotopic (exact) mass is 400 g/mol. The summed E-state index contributed by atoms with van der Waals surface area (Å²) in [4.78, 5) is 17.7. The molecule has 0 saturated heterocycles. The minimum Gasteiger partial charge on any atom is -0.368 e. The molecule has 3 rings (SSSR count). The van der Waals surface area contributed by atoms with Gasteiger partial charge >= 0.3 is 0 Å². The number of amides is 1. The van der Waals surface area contributed by atoms with Crippen LogP contribution in [0.2, 0.25) is 0 Å². The van der Waals surface area contributed by atoms with Gasteiger partial charge in [0.15, 0.2) is 4.32 Å². The molecule has 3 aromatic rings. The highest BCUT2D eigenvalue weighted by Crippen LogP contribution is 2.37. The van der Waals surface area contributed by atoms with Crippen LogP contribution >= 0.6 is 27.3 Å². The van der Waals surface area contributed by atoms with Gasteiger partial charge in [0.25, 0.3) is 0 Å². The first-order valence-electron chi connectivity index (χ1n) is 7.60. The number of carbonyl (C=O) groups is 1. The molecule has 0 fully saturated rings. The summed E-state index contributed by atoms with van der Waals surface area (Å²) in [5, 5.41) is 0.699. The first kappa shape index (κ1) is 16.9. The summed E-state index contributed by atoms with van der Waals surface area (Å²) in [7, 11) is 0.